The Bertz CT molecular complexity index is 530. The van der Waals surface area contributed by atoms with Crippen LogP contribution in [-0.2, 0) is 0 Å². The van der Waals surface area contributed by atoms with E-state index in [0.29, 0.717) is 5.02 Å². The SMILES string of the molecule is Clc1ccc(NN=C/C=C/c2ccccc2)cc1. The molecule has 0 aliphatic carbocycles. The lowest BCUT2D eigenvalue weighted by Gasteiger charge is -1.98. The van der Waals surface area contributed by atoms with Crippen LogP contribution >= 0.6 is 11.6 Å². The molecular weight excluding hydrogens is 244 g/mol. The van der Waals surface area contributed by atoms with Crippen LogP contribution in [-0.4, -0.2) is 6.21 Å². The third-order valence-electron chi connectivity index (χ3n) is 2.29. The van der Waals surface area contributed by atoms with Crippen LogP contribution in [0, 0.1) is 0 Å². The number of benzene rings is 2. The van der Waals surface area contributed by atoms with Crippen LogP contribution in [0.3, 0.4) is 0 Å². The topological polar surface area (TPSA) is 24.4 Å². The van der Waals surface area contributed by atoms with Crippen molar-refractivity contribution in [1.29, 1.82) is 0 Å². The van der Waals surface area contributed by atoms with E-state index < -0.39 is 0 Å². The molecule has 0 spiro atoms. The maximum absolute atomic E-state index is 5.79. The van der Waals surface area contributed by atoms with Gasteiger partial charge in [0.15, 0.2) is 0 Å². The van der Waals surface area contributed by atoms with Gasteiger partial charge in [0.25, 0.3) is 0 Å². The molecule has 2 rings (SSSR count). The predicted molar refractivity (Wildman–Crippen MR) is 79.0 cm³/mol. The van der Waals surface area contributed by atoms with E-state index in [1.54, 1.807) is 6.21 Å². The smallest absolute Gasteiger partial charge is 0.0562 e. The van der Waals surface area contributed by atoms with Crippen molar-refractivity contribution in [1.82, 2.24) is 0 Å². The first-order valence-electron chi connectivity index (χ1n) is 5.61. The normalized spacial score (nSPS) is 11.2. The van der Waals surface area contributed by atoms with Crippen LogP contribution in [0.25, 0.3) is 6.08 Å². The van der Waals surface area contributed by atoms with Gasteiger partial charge in [-0.1, -0.05) is 48.0 Å². The maximum Gasteiger partial charge on any atom is 0.0562 e. The highest BCUT2D eigenvalue weighted by Crippen LogP contribution is 2.12. The highest BCUT2D eigenvalue weighted by molar-refractivity contribution is 6.30. The van der Waals surface area contributed by atoms with Crippen molar-refractivity contribution in [2.24, 2.45) is 5.10 Å². The van der Waals surface area contributed by atoms with E-state index in [0.717, 1.165) is 11.3 Å². The van der Waals surface area contributed by atoms with Gasteiger partial charge in [-0.3, -0.25) is 5.43 Å². The van der Waals surface area contributed by atoms with Gasteiger partial charge >= 0.3 is 0 Å². The number of anilines is 1. The van der Waals surface area contributed by atoms with Crippen LogP contribution in [0.15, 0.2) is 65.8 Å². The van der Waals surface area contributed by atoms with Crippen molar-refractivity contribution in [2.75, 3.05) is 5.43 Å². The molecule has 0 aliphatic rings. The number of rotatable bonds is 4. The van der Waals surface area contributed by atoms with Gasteiger partial charge in [0.1, 0.15) is 0 Å². The van der Waals surface area contributed by atoms with Crippen LogP contribution in [0.5, 0.6) is 0 Å². The molecule has 18 heavy (non-hydrogen) atoms. The summed E-state index contributed by atoms with van der Waals surface area (Å²) in [5, 5.41) is 4.80. The van der Waals surface area contributed by atoms with Crippen molar-refractivity contribution >= 4 is 29.6 Å². The number of allylic oxidation sites excluding steroid dienone is 1. The number of hydrazone groups is 1. The molecule has 0 heterocycles. The molecule has 0 aliphatic heterocycles. The number of hydrogen-bond donors (Lipinski definition) is 1. The lowest BCUT2D eigenvalue weighted by atomic mass is 10.2. The molecule has 1 N–H and O–H groups in total. The average molecular weight is 257 g/mol. The highest BCUT2D eigenvalue weighted by atomic mass is 35.5. The Labute approximate surface area is 112 Å². The Hall–Kier alpha value is -2.06. The standard InChI is InChI=1S/C15H13ClN2/c16-14-8-10-15(11-9-14)18-17-12-4-7-13-5-2-1-3-6-13/h1-12,18H/b7-4+,17-12?. The van der Waals surface area contributed by atoms with E-state index in [4.69, 9.17) is 11.6 Å². The lowest BCUT2D eigenvalue weighted by molar-refractivity contribution is 1.36. The zero-order chi connectivity index (χ0) is 12.6. The largest absolute Gasteiger partial charge is 0.279 e. The third-order valence-corrected chi connectivity index (χ3v) is 2.54. The van der Waals surface area contributed by atoms with Crippen LogP contribution in [0.2, 0.25) is 5.02 Å². The lowest BCUT2D eigenvalue weighted by Crippen LogP contribution is -1.87. The molecule has 0 aromatic heterocycles. The summed E-state index contributed by atoms with van der Waals surface area (Å²) in [5.74, 6) is 0. The van der Waals surface area contributed by atoms with Gasteiger partial charge in [-0.15, -0.1) is 0 Å². The quantitative estimate of drug-likeness (QED) is 0.634. The Morgan fingerprint density at radius 2 is 1.67 bits per heavy atom. The molecule has 2 aromatic rings. The monoisotopic (exact) mass is 256 g/mol. The van der Waals surface area contributed by atoms with E-state index in [1.165, 1.54) is 0 Å². The van der Waals surface area contributed by atoms with Crippen molar-refractivity contribution in [2.45, 2.75) is 0 Å². The van der Waals surface area contributed by atoms with Gasteiger partial charge in [0.05, 0.1) is 5.69 Å². The molecule has 0 radical (unpaired) electrons. The van der Waals surface area contributed by atoms with Gasteiger partial charge < -0.3 is 0 Å². The molecule has 0 bridgehead atoms. The van der Waals surface area contributed by atoms with Gasteiger partial charge in [-0.2, -0.15) is 5.10 Å². The Kier molecular flexibility index (Phi) is 4.56. The molecule has 0 amide bonds. The summed E-state index contributed by atoms with van der Waals surface area (Å²) in [6.07, 6.45) is 5.59. The summed E-state index contributed by atoms with van der Waals surface area (Å²) in [4.78, 5) is 0. The summed E-state index contributed by atoms with van der Waals surface area (Å²) in [5.41, 5.74) is 4.97. The van der Waals surface area contributed by atoms with Crippen molar-refractivity contribution in [3.8, 4) is 0 Å². The number of halogens is 1. The first-order valence-corrected chi connectivity index (χ1v) is 5.99. The van der Waals surface area contributed by atoms with E-state index in [2.05, 4.69) is 10.5 Å². The van der Waals surface area contributed by atoms with Gasteiger partial charge in [0.2, 0.25) is 0 Å². The fourth-order valence-corrected chi connectivity index (χ4v) is 1.52. The second kappa shape index (κ2) is 6.62. The molecule has 0 fully saturated rings. The zero-order valence-corrected chi connectivity index (χ0v) is 10.5. The first-order chi connectivity index (χ1) is 8.84. The van der Waals surface area contributed by atoms with Crippen LogP contribution < -0.4 is 5.43 Å². The molecule has 0 atom stereocenters. The molecule has 0 unspecified atom stereocenters. The predicted octanol–water partition coefficient (Wildman–Crippen LogP) is 4.45. The van der Waals surface area contributed by atoms with Crippen LogP contribution in [0.1, 0.15) is 5.56 Å². The molecule has 2 nitrogen and oxygen atoms in total. The van der Waals surface area contributed by atoms with Crippen LogP contribution in [0.4, 0.5) is 5.69 Å². The van der Waals surface area contributed by atoms with Crippen molar-refractivity contribution < 1.29 is 0 Å². The summed E-state index contributed by atoms with van der Waals surface area (Å²) < 4.78 is 0. The van der Waals surface area contributed by atoms with Crippen molar-refractivity contribution in [3.63, 3.8) is 0 Å². The Morgan fingerprint density at radius 3 is 2.39 bits per heavy atom. The molecule has 3 heteroatoms. The second-order valence-electron chi connectivity index (χ2n) is 3.67. The van der Waals surface area contributed by atoms with Crippen molar-refractivity contribution in [3.05, 3.63) is 71.3 Å². The first kappa shape index (κ1) is 12.4. The fourth-order valence-electron chi connectivity index (χ4n) is 1.40. The van der Waals surface area contributed by atoms with Gasteiger partial charge in [-0.05, 0) is 35.9 Å². The molecular formula is C15H13ClN2. The second-order valence-corrected chi connectivity index (χ2v) is 4.10. The Morgan fingerprint density at radius 1 is 0.944 bits per heavy atom. The maximum atomic E-state index is 5.79. The van der Waals surface area contributed by atoms with E-state index >= 15 is 0 Å². The molecule has 2 aromatic carbocycles. The minimum atomic E-state index is 0.716. The highest BCUT2D eigenvalue weighted by Gasteiger charge is 1.88. The average Bonchev–Trinajstić information content (AvgIpc) is 2.42. The van der Waals surface area contributed by atoms with E-state index in [-0.39, 0.29) is 0 Å². The number of nitrogens with zero attached hydrogens (tertiary/aromatic N) is 1. The summed E-state index contributed by atoms with van der Waals surface area (Å²) in [6.45, 7) is 0. The number of hydrogen-bond acceptors (Lipinski definition) is 2. The molecule has 0 saturated heterocycles. The van der Waals surface area contributed by atoms with Gasteiger partial charge in [0, 0.05) is 11.2 Å². The van der Waals surface area contributed by atoms with E-state index in [9.17, 15) is 0 Å². The zero-order valence-electron chi connectivity index (χ0n) is 9.75. The number of nitrogens with one attached hydrogen (secondary N) is 1. The fraction of sp³-hybridized carbons (Fsp3) is 0. The minimum absolute atomic E-state index is 0.716. The summed E-state index contributed by atoms with van der Waals surface area (Å²) in [7, 11) is 0. The molecule has 90 valence electrons. The molecule has 0 saturated carbocycles. The van der Waals surface area contributed by atoms with Gasteiger partial charge in [-0.25, -0.2) is 0 Å². The summed E-state index contributed by atoms with van der Waals surface area (Å²) >= 11 is 5.79. The summed E-state index contributed by atoms with van der Waals surface area (Å²) in [6, 6.07) is 17.5. The minimum Gasteiger partial charge on any atom is -0.279 e. The Balaban J connectivity index is 1.85. The van der Waals surface area contributed by atoms with E-state index in [1.807, 2.05) is 66.7 Å². The third kappa shape index (κ3) is 4.07.